The second-order valence-corrected chi connectivity index (χ2v) is 8.59. The lowest BCUT2D eigenvalue weighted by Crippen LogP contribution is -2.54. The summed E-state index contributed by atoms with van der Waals surface area (Å²) < 4.78 is 1.89. The third-order valence-electron chi connectivity index (χ3n) is 5.88. The van der Waals surface area contributed by atoms with Crippen molar-refractivity contribution in [3.63, 3.8) is 0 Å². The van der Waals surface area contributed by atoms with E-state index in [1.807, 2.05) is 24.5 Å². The van der Waals surface area contributed by atoms with Gasteiger partial charge in [0.05, 0.1) is 16.2 Å². The van der Waals surface area contributed by atoms with Crippen molar-refractivity contribution < 1.29 is 24.4 Å². The molecule has 1 saturated heterocycles. The molecular formula is C25H20N4O6S. The number of hydrogen-bond acceptors (Lipinski definition) is 6. The van der Waals surface area contributed by atoms with Crippen molar-refractivity contribution in [1.82, 2.24) is 9.88 Å². The van der Waals surface area contributed by atoms with Crippen LogP contribution < -0.4 is 10.2 Å². The number of nitrogens with zero attached hydrogens (tertiary/aromatic N) is 3. The molecule has 182 valence electrons. The summed E-state index contributed by atoms with van der Waals surface area (Å²) in [6, 6.07) is 11.9. The molecule has 1 aliphatic heterocycles. The molecule has 0 saturated carbocycles. The van der Waals surface area contributed by atoms with Crippen molar-refractivity contribution >= 4 is 52.6 Å². The average molecular weight is 505 g/mol. The van der Waals surface area contributed by atoms with E-state index in [1.165, 1.54) is 42.5 Å². The third-order valence-corrected chi connectivity index (χ3v) is 6.16. The summed E-state index contributed by atoms with van der Waals surface area (Å²) in [6.07, 6.45) is 1.47. The molecule has 10 nitrogen and oxygen atoms in total. The van der Waals surface area contributed by atoms with E-state index in [2.05, 4.69) is 5.32 Å². The van der Waals surface area contributed by atoms with Gasteiger partial charge in [-0.15, -0.1) is 0 Å². The molecule has 1 aliphatic rings. The number of non-ortho nitro benzene ring substituents is 1. The number of benzene rings is 2. The number of amides is 2. The smallest absolute Gasteiger partial charge is 0.335 e. The molecule has 0 spiro atoms. The highest BCUT2D eigenvalue weighted by Crippen LogP contribution is 2.28. The van der Waals surface area contributed by atoms with Crippen LogP contribution in [0.5, 0.6) is 0 Å². The van der Waals surface area contributed by atoms with Crippen LogP contribution in [0.15, 0.2) is 54.1 Å². The second-order valence-electron chi connectivity index (χ2n) is 8.20. The number of aryl methyl sites for hydroxylation is 2. The normalized spacial score (nSPS) is 14.8. The molecule has 0 bridgehead atoms. The number of nitro groups is 1. The van der Waals surface area contributed by atoms with Crippen molar-refractivity contribution in [2.45, 2.75) is 20.8 Å². The van der Waals surface area contributed by atoms with Crippen LogP contribution in [0.4, 0.5) is 11.4 Å². The van der Waals surface area contributed by atoms with Crippen molar-refractivity contribution in [2.24, 2.45) is 0 Å². The third kappa shape index (κ3) is 4.27. The number of aromatic carboxylic acids is 1. The van der Waals surface area contributed by atoms with Crippen LogP contribution in [0.25, 0.3) is 11.8 Å². The molecule has 2 heterocycles. The molecule has 1 fully saturated rings. The van der Waals surface area contributed by atoms with Gasteiger partial charge in [0.25, 0.3) is 17.5 Å². The standard InChI is InChI=1S/C25H20N4O6S/c1-13-10-19(29(34)35)8-9-21(13)27-14(2)11-17(15(27)3)12-20-22(30)26-25(36)28(23(20)31)18-6-4-16(5-7-18)24(32)33/h4-12H,1-3H3,(H,32,33)(H,26,30,36)/b20-12+. The van der Waals surface area contributed by atoms with E-state index in [-0.39, 0.29) is 21.9 Å². The molecule has 0 aliphatic carbocycles. The fourth-order valence-electron chi connectivity index (χ4n) is 4.11. The Labute approximate surface area is 210 Å². The fraction of sp³-hybridized carbons (Fsp3) is 0.120. The van der Waals surface area contributed by atoms with E-state index < -0.39 is 22.7 Å². The van der Waals surface area contributed by atoms with Crippen molar-refractivity contribution in [1.29, 1.82) is 0 Å². The largest absolute Gasteiger partial charge is 0.478 e. The minimum atomic E-state index is -1.11. The molecule has 2 N–H and O–H groups in total. The van der Waals surface area contributed by atoms with E-state index in [0.29, 0.717) is 16.8 Å². The maximum Gasteiger partial charge on any atom is 0.335 e. The zero-order valence-corrected chi connectivity index (χ0v) is 20.3. The first-order chi connectivity index (χ1) is 17.0. The topological polar surface area (TPSA) is 135 Å². The molecule has 2 amide bonds. The molecule has 0 unspecified atom stereocenters. The fourth-order valence-corrected chi connectivity index (χ4v) is 4.39. The van der Waals surface area contributed by atoms with Gasteiger partial charge in [-0.25, -0.2) is 4.79 Å². The quantitative estimate of drug-likeness (QED) is 0.177. The average Bonchev–Trinajstić information content (AvgIpc) is 3.09. The molecule has 1 aromatic heterocycles. The summed E-state index contributed by atoms with van der Waals surface area (Å²) in [4.78, 5) is 48.9. The van der Waals surface area contributed by atoms with E-state index in [9.17, 15) is 24.5 Å². The van der Waals surface area contributed by atoms with Gasteiger partial charge in [-0.05, 0) is 86.6 Å². The molecule has 0 atom stereocenters. The van der Waals surface area contributed by atoms with Crippen LogP contribution in [-0.4, -0.2) is 37.5 Å². The van der Waals surface area contributed by atoms with Crippen molar-refractivity contribution in [3.8, 4) is 5.69 Å². The summed E-state index contributed by atoms with van der Waals surface area (Å²) in [7, 11) is 0. The highest BCUT2D eigenvalue weighted by atomic mass is 32.1. The highest BCUT2D eigenvalue weighted by molar-refractivity contribution is 7.80. The van der Waals surface area contributed by atoms with Crippen LogP contribution >= 0.6 is 12.2 Å². The predicted octanol–water partition coefficient (Wildman–Crippen LogP) is 3.84. The minimum Gasteiger partial charge on any atom is -0.478 e. The van der Waals surface area contributed by atoms with Gasteiger partial charge < -0.3 is 9.67 Å². The maximum atomic E-state index is 13.3. The van der Waals surface area contributed by atoms with Crippen LogP contribution in [0.3, 0.4) is 0 Å². The van der Waals surface area contributed by atoms with Gasteiger partial charge in [0, 0.05) is 29.2 Å². The summed E-state index contributed by atoms with van der Waals surface area (Å²) in [5, 5.41) is 22.6. The Morgan fingerprint density at radius 2 is 1.75 bits per heavy atom. The zero-order chi connectivity index (χ0) is 26.3. The summed E-state index contributed by atoms with van der Waals surface area (Å²) in [6.45, 7) is 5.44. The van der Waals surface area contributed by atoms with E-state index in [1.54, 1.807) is 13.0 Å². The first kappa shape index (κ1) is 24.5. The lowest BCUT2D eigenvalue weighted by Gasteiger charge is -2.29. The number of carboxylic acid groups (broad SMARTS) is 1. The molecule has 2 aromatic carbocycles. The zero-order valence-electron chi connectivity index (χ0n) is 19.4. The number of carboxylic acids is 1. The van der Waals surface area contributed by atoms with Crippen LogP contribution in [0.1, 0.15) is 32.9 Å². The number of rotatable bonds is 5. The van der Waals surface area contributed by atoms with E-state index in [0.717, 1.165) is 22.0 Å². The number of thiocarbonyl (C=S) groups is 1. The number of nitro benzene ring substituents is 1. The Morgan fingerprint density at radius 3 is 2.33 bits per heavy atom. The number of nitrogens with one attached hydrogen (secondary N) is 1. The molecule has 3 aromatic rings. The number of carbonyl (C=O) groups is 3. The van der Waals surface area contributed by atoms with Gasteiger partial charge in [0.1, 0.15) is 5.57 Å². The van der Waals surface area contributed by atoms with Crippen LogP contribution in [0, 0.1) is 30.9 Å². The van der Waals surface area contributed by atoms with E-state index in [4.69, 9.17) is 17.3 Å². The summed E-state index contributed by atoms with van der Waals surface area (Å²) in [5.41, 5.74) is 3.76. The Hall–Kier alpha value is -4.64. The minimum absolute atomic E-state index is 0.0158. The van der Waals surface area contributed by atoms with Gasteiger partial charge in [-0.3, -0.25) is 29.9 Å². The Balaban J connectivity index is 1.74. The van der Waals surface area contributed by atoms with Gasteiger partial charge in [-0.1, -0.05) is 0 Å². The number of hydrogen-bond donors (Lipinski definition) is 2. The van der Waals surface area contributed by atoms with Gasteiger partial charge in [0.2, 0.25) is 0 Å². The lowest BCUT2D eigenvalue weighted by atomic mass is 10.1. The van der Waals surface area contributed by atoms with Gasteiger partial charge in [0.15, 0.2) is 5.11 Å². The lowest BCUT2D eigenvalue weighted by molar-refractivity contribution is -0.384. The van der Waals surface area contributed by atoms with Crippen LogP contribution in [0.2, 0.25) is 0 Å². The number of carbonyl (C=O) groups excluding carboxylic acids is 2. The Kier molecular flexibility index (Phi) is 6.25. The second kappa shape index (κ2) is 9.19. The maximum absolute atomic E-state index is 13.3. The molecule has 11 heteroatoms. The summed E-state index contributed by atoms with van der Waals surface area (Å²) in [5.74, 6) is -2.41. The molecular weight excluding hydrogens is 484 g/mol. The predicted molar refractivity (Wildman–Crippen MR) is 136 cm³/mol. The molecule has 0 radical (unpaired) electrons. The van der Waals surface area contributed by atoms with Gasteiger partial charge in [-0.2, -0.15) is 0 Å². The first-order valence-electron chi connectivity index (χ1n) is 10.7. The van der Waals surface area contributed by atoms with Crippen molar-refractivity contribution in [2.75, 3.05) is 4.90 Å². The number of aromatic nitrogens is 1. The number of anilines is 1. The van der Waals surface area contributed by atoms with Gasteiger partial charge >= 0.3 is 5.97 Å². The molecule has 36 heavy (non-hydrogen) atoms. The Morgan fingerprint density at radius 1 is 1.08 bits per heavy atom. The highest BCUT2D eigenvalue weighted by Gasteiger charge is 2.35. The monoisotopic (exact) mass is 504 g/mol. The summed E-state index contributed by atoms with van der Waals surface area (Å²) >= 11 is 5.20. The van der Waals surface area contributed by atoms with E-state index >= 15 is 0 Å². The molecule has 4 rings (SSSR count). The van der Waals surface area contributed by atoms with Crippen molar-refractivity contribution in [3.05, 3.63) is 92.3 Å². The SMILES string of the molecule is Cc1cc([N+](=O)[O-])ccc1-n1c(C)cc(/C=C2\C(=O)NC(=S)N(c3ccc(C(=O)O)cc3)C2=O)c1C. The Bertz CT molecular complexity index is 1500. The van der Waals surface area contributed by atoms with Crippen LogP contribution in [-0.2, 0) is 9.59 Å². The first-order valence-corrected chi connectivity index (χ1v) is 11.1.